The van der Waals surface area contributed by atoms with Crippen LogP contribution in [0.1, 0.15) is 25.0 Å². The molecule has 3 heteroatoms. The highest BCUT2D eigenvalue weighted by atomic mass is 19.2. The summed E-state index contributed by atoms with van der Waals surface area (Å²) < 4.78 is 41.4. The highest BCUT2D eigenvalue weighted by Crippen LogP contribution is 2.28. The van der Waals surface area contributed by atoms with E-state index in [2.05, 4.69) is 0 Å². The maximum atomic E-state index is 13.9. The minimum Gasteiger partial charge on any atom is -0.206 e. The number of rotatable bonds is 2. The van der Waals surface area contributed by atoms with Crippen LogP contribution in [0.4, 0.5) is 13.2 Å². The third-order valence-electron chi connectivity index (χ3n) is 3.04. The van der Waals surface area contributed by atoms with Gasteiger partial charge in [0.25, 0.3) is 0 Å². The SMILES string of the molecule is CCc1cc2ccc(CC)c(F)c2c(F)c1F. The van der Waals surface area contributed by atoms with Crippen molar-refractivity contribution in [2.45, 2.75) is 26.7 Å². The minimum atomic E-state index is -1.08. The molecular formula is C14H13F3. The van der Waals surface area contributed by atoms with Crippen LogP contribution in [0.2, 0.25) is 0 Å². The fourth-order valence-corrected chi connectivity index (χ4v) is 2.01. The molecule has 0 nitrogen and oxygen atoms in total. The zero-order chi connectivity index (χ0) is 12.6. The molecule has 0 saturated carbocycles. The average Bonchev–Trinajstić information content (AvgIpc) is 2.33. The van der Waals surface area contributed by atoms with E-state index in [1.54, 1.807) is 26.0 Å². The van der Waals surface area contributed by atoms with E-state index in [-0.39, 0.29) is 10.9 Å². The summed E-state index contributed by atoms with van der Waals surface area (Å²) in [5.41, 5.74) is 0.679. The van der Waals surface area contributed by atoms with Crippen LogP contribution >= 0.6 is 0 Å². The van der Waals surface area contributed by atoms with Crippen molar-refractivity contribution in [2.24, 2.45) is 0 Å². The van der Waals surface area contributed by atoms with Crippen molar-refractivity contribution in [2.75, 3.05) is 0 Å². The quantitative estimate of drug-likeness (QED) is 0.728. The summed E-state index contributed by atoms with van der Waals surface area (Å²) in [6, 6.07) is 4.77. The number of hydrogen-bond donors (Lipinski definition) is 0. The van der Waals surface area contributed by atoms with Gasteiger partial charge in [-0.2, -0.15) is 0 Å². The van der Waals surface area contributed by atoms with Gasteiger partial charge in [0.05, 0.1) is 5.39 Å². The molecule has 0 atom stereocenters. The molecule has 90 valence electrons. The van der Waals surface area contributed by atoms with Crippen molar-refractivity contribution in [3.63, 3.8) is 0 Å². The molecule has 0 amide bonds. The van der Waals surface area contributed by atoms with E-state index in [4.69, 9.17) is 0 Å². The second-order valence-electron chi connectivity index (χ2n) is 4.01. The van der Waals surface area contributed by atoms with E-state index in [0.717, 1.165) is 0 Å². The Morgan fingerprint density at radius 3 is 2.06 bits per heavy atom. The molecule has 17 heavy (non-hydrogen) atoms. The van der Waals surface area contributed by atoms with Crippen molar-refractivity contribution in [3.05, 3.63) is 46.8 Å². The van der Waals surface area contributed by atoms with Crippen LogP contribution in [0.15, 0.2) is 18.2 Å². The summed E-state index contributed by atoms with van der Waals surface area (Å²) in [7, 11) is 0. The molecule has 0 saturated heterocycles. The molecule has 0 aliphatic rings. The van der Waals surface area contributed by atoms with Crippen LogP contribution in [-0.4, -0.2) is 0 Å². The highest BCUT2D eigenvalue weighted by Gasteiger charge is 2.17. The number of aryl methyl sites for hydroxylation is 2. The van der Waals surface area contributed by atoms with Crippen molar-refractivity contribution < 1.29 is 13.2 Å². The molecule has 0 radical (unpaired) electrons. The largest absolute Gasteiger partial charge is 0.206 e. The molecule has 0 heterocycles. The Hall–Kier alpha value is -1.51. The average molecular weight is 238 g/mol. The lowest BCUT2D eigenvalue weighted by Crippen LogP contribution is -1.98. The topological polar surface area (TPSA) is 0 Å². The van der Waals surface area contributed by atoms with E-state index in [9.17, 15) is 13.2 Å². The number of fused-ring (bicyclic) bond motifs is 1. The Morgan fingerprint density at radius 2 is 1.47 bits per heavy atom. The third kappa shape index (κ3) is 1.79. The van der Waals surface area contributed by atoms with Gasteiger partial charge < -0.3 is 0 Å². The Kier molecular flexibility index (Phi) is 3.09. The van der Waals surface area contributed by atoms with Crippen LogP contribution in [-0.2, 0) is 12.8 Å². The molecule has 0 aromatic heterocycles. The van der Waals surface area contributed by atoms with Crippen LogP contribution in [0.25, 0.3) is 10.8 Å². The maximum Gasteiger partial charge on any atom is 0.169 e. The van der Waals surface area contributed by atoms with E-state index in [0.29, 0.717) is 23.8 Å². The zero-order valence-electron chi connectivity index (χ0n) is 9.78. The lowest BCUT2D eigenvalue weighted by atomic mass is 10.00. The van der Waals surface area contributed by atoms with Crippen molar-refractivity contribution >= 4 is 10.8 Å². The molecule has 0 spiro atoms. The zero-order valence-corrected chi connectivity index (χ0v) is 9.78. The minimum absolute atomic E-state index is 0.237. The number of benzene rings is 2. The predicted molar refractivity (Wildman–Crippen MR) is 62.6 cm³/mol. The number of hydrogen-bond acceptors (Lipinski definition) is 0. The first-order valence-electron chi connectivity index (χ1n) is 5.68. The fraction of sp³-hybridized carbons (Fsp3) is 0.286. The van der Waals surface area contributed by atoms with Gasteiger partial charge in [-0.25, -0.2) is 13.2 Å². The summed E-state index contributed by atoms with van der Waals surface area (Å²) in [5.74, 6) is -2.66. The normalized spacial score (nSPS) is 11.1. The summed E-state index contributed by atoms with van der Waals surface area (Å²) in [6.07, 6.45) is 0.841. The lowest BCUT2D eigenvalue weighted by Gasteiger charge is -2.09. The Balaban J connectivity index is 2.87. The Morgan fingerprint density at radius 1 is 0.824 bits per heavy atom. The molecule has 0 N–H and O–H groups in total. The van der Waals surface area contributed by atoms with Crippen LogP contribution in [0.5, 0.6) is 0 Å². The Bertz CT molecular complexity index is 573. The Labute approximate surface area is 98.1 Å². The maximum absolute atomic E-state index is 13.9. The van der Waals surface area contributed by atoms with Gasteiger partial charge in [-0.05, 0) is 35.4 Å². The summed E-state index contributed by atoms with van der Waals surface area (Å²) >= 11 is 0. The molecule has 2 aromatic rings. The van der Waals surface area contributed by atoms with E-state index < -0.39 is 17.5 Å². The van der Waals surface area contributed by atoms with Crippen LogP contribution in [0.3, 0.4) is 0 Å². The summed E-state index contributed by atoms with van der Waals surface area (Å²) in [4.78, 5) is 0. The highest BCUT2D eigenvalue weighted by molar-refractivity contribution is 5.85. The summed E-state index contributed by atoms with van der Waals surface area (Å²) in [6.45, 7) is 3.51. The van der Waals surface area contributed by atoms with Crippen LogP contribution in [0, 0.1) is 17.5 Å². The first-order chi connectivity index (χ1) is 8.10. The van der Waals surface area contributed by atoms with E-state index >= 15 is 0 Å². The van der Waals surface area contributed by atoms with Gasteiger partial charge in [0.15, 0.2) is 11.6 Å². The molecule has 0 bridgehead atoms. The van der Waals surface area contributed by atoms with Gasteiger partial charge >= 0.3 is 0 Å². The molecule has 0 aliphatic carbocycles. The molecule has 0 aliphatic heterocycles. The van der Waals surface area contributed by atoms with Gasteiger partial charge in [-0.1, -0.05) is 26.0 Å². The second kappa shape index (κ2) is 4.40. The van der Waals surface area contributed by atoms with E-state index in [1.165, 1.54) is 6.07 Å². The molecular weight excluding hydrogens is 225 g/mol. The van der Waals surface area contributed by atoms with Gasteiger partial charge in [-0.3, -0.25) is 0 Å². The van der Waals surface area contributed by atoms with Crippen molar-refractivity contribution in [1.29, 1.82) is 0 Å². The monoisotopic (exact) mass is 238 g/mol. The van der Waals surface area contributed by atoms with Crippen LogP contribution < -0.4 is 0 Å². The smallest absolute Gasteiger partial charge is 0.169 e. The third-order valence-corrected chi connectivity index (χ3v) is 3.04. The van der Waals surface area contributed by atoms with Gasteiger partial charge in [-0.15, -0.1) is 0 Å². The van der Waals surface area contributed by atoms with Gasteiger partial charge in [0.2, 0.25) is 0 Å². The van der Waals surface area contributed by atoms with E-state index in [1.807, 2.05) is 0 Å². The first-order valence-corrected chi connectivity index (χ1v) is 5.68. The first kappa shape index (κ1) is 12.0. The predicted octanol–water partition coefficient (Wildman–Crippen LogP) is 4.38. The fourth-order valence-electron chi connectivity index (χ4n) is 2.01. The lowest BCUT2D eigenvalue weighted by molar-refractivity contribution is 0.502. The van der Waals surface area contributed by atoms with Gasteiger partial charge in [0, 0.05) is 0 Å². The summed E-state index contributed by atoms with van der Waals surface area (Å²) in [5, 5.41) is 0.175. The molecule has 0 unspecified atom stereocenters. The van der Waals surface area contributed by atoms with Gasteiger partial charge in [0.1, 0.15) is 5.82 Å². The molecule has 0 fully saturated rings. The molecule has 2 aromatic carbocycles. The van der Waals surface area contributed by atoms with Crippen molar-refractivity contribution in [3.8, 4) is 0 Å². The molecule has 2 rings (SSSR count). The van der Waals surface area contributed by atoms with Crippen molar-refractivity contribution in [1.82, 2.24) is 0 Å². The number of halogens is 3. The second-order valence-corrected chi connectivity index (χ2v) is 4.01. The standard InChI is InChI=1S/C14H13F3/c1-3-8-5-6-10-7-9(4-2)13(16)14(17)11(10)12(8)15/h5-7H,3-4H2,1-2H3.